The van der Waals surface area contributed by atoms with Crippen LogP contribution in [0.4, 0.5) is 4.39 Å². The van der Waals surface area contributed by atoms with Crippen molar-refractivity contribution < 1.29 is 24.5 Å². The molecule has 0 aliphatic carbocycles. The summed E-state index contributed by atoms with van der Waals surface area (Å²) in [4.78, 5) is 9.28. The summed E-state index contributed by atoms with van der Waals surface area (Å²) in [5.74, 6) is 0.466. The van der Waals surface area contributed by atoms with Gasteiger partial charge in [0.25, 0.3) is 0 Å². The zero-order valence-electron chi connectivity index (χ0n) is 28.8. The Morgan fingerprint density at radius 2 is 1.38 bits per heavy atom. The molecule has 0 saturated carbocycles. The number of hydrogen-bond donors (Lipinski definition) is 0. The number of aromatic nitrogens is 2. The molecule has 1 atom stereocenters. The maximum absolute atomic E-state index is 13.9. The molecule has 0 fully saturated rings. The van der Waals surface area contributed by atoms with Crippen molar-refractivity contribution in [2.45, 2.75) is 59.2 Å². The molecule has 2 nitrogen and oxygen atoms in total. The third-order valence-corrected chi connectivity index (χ3v) is 10.5. The van der Waals surface area contributed by atoms with Crippen molar-refractivity contribution in [1.82, 2.24) is 9.97 Å². The van der Waals surface area contributed by atoms with Crippen molar-refractivity contribution >= 4 is 13.3 Å². The van der Waals surface area contributed by atoms with Crippen LogP contribution in [0.2, 0.25) is 19.6 Å². The van der Waals surface area contributed by atoms with Gasteiger partial charge in [0.2, 0.25) is 0 Å². The maximum atomic E-state index is 13.9. The topological polar surface area (TPSA) is 25.8 Å². The van der Waals surface area contributed by atoms with Gasteiger partial charge in [0, 0.05) is 44.2 Å². The van der Waals surface area contributed by atoms with Crippen molar-refractivity contribution in [2.24, 2.45) is 0 Å². The number of halogens is 1. The van der Waals surface area contributed by atoms with E-state index in [1.54, 1.807) is 12.1 Å². The Morgan fingerprint density at radius 1 is 0.688 bits per heavy atom. The summed E-state index contributed by atoms with van der Waals surface area (Å²) < 4.78 is 13.9. The summed E-state index contributed by atoms with van der Waals surface area (Å²) in [6.45, 7) is 15.8. The van der Waals surface area contributed by atoms with Gasteiger partial charge >= 0.3 is 0 Å². The number of aryl methyl sites for hydroxylation is 1. The van der Waals surface area contributed by atoms with Crippen molar-refractivity contribution in [3.8, 4) is 33.6 Å². The van der Waals surface area contributed by atoms with Crippen molar-refractivity contribution in [3.05, 3.63) is 162 Å². The second kappa shape index (κ2) is 16.4. The fraction of sp³-hybridized carbons (Fsp3) is 0.209. The molecule has 6 rings (SSSR count). The molecule has 1 unspecified atom stereocenters. The average molecular weight is 827 g/mol. The van der Waals surface area contributed by atoms with Gasteiger partial charge in [0.05, 0.1) is 8.07 Å². The van der Waals surface area contributed by atoms with E-state index in [-0.39, 0.29) is 31.8 Å². The van der Waals surface area contributed by atoms with Crippen LogP contribution in [0.15, 0.2) is 122 Å². The Kier molecular flexibility index (Phi) is 12.6. The fourth-order valence-corrected chi connectivity index (χ4v) is 7.45. The monoisotopic (exact) mass is 827 g/mol. The van der Waals surface area contributed by atoms with Gasteiger partial charge in [-0.05, 0) is 46.1 Å². The molecule has 0 spiro atoms. The SMILES string of the molecule is CC(C)c1cc(-c2[c-]ccc(-c3ccccc3)c2)ncc1[Si](C)(C)C.Cc1cc(C(C)c2ccccc2)cnc1-c1[c-]cccc1F.[Ir]. The van der Waals surface area contributed by atoms with Crippen LogP contribution < -0.4 is 5.19 Å². The molecule has 0 N–H and O–H groups in total. The van der Waals surface area contributed by atoms with Gasteiger partial charge < -0.3 is 9.97 Å². The smallest absolute Gasteiger partial charge is 0.0799 e. The van der Waals surface area contributed by atoms with Crippen molar-refractivity contribution in [1.29, 1.82) is 0 Å². The first-order valence-electron chi connectivity index (χ1n) is 16.3. The maximum Gasteiger partial charge on any atom is 0.0799 e. The molecule has 0 aliphatic heterocycles. The van der Waals surface area contributed by atoms with E-state index >= 15 is 0 Å². The number of pyridine rings is 2. The predicted molar refractivity (Wildman–Crippen MR) is 198 cm³/mol. The van der Waals surface area contributed by atoms with Crippen LogP contribution in [0.3, 0.4) is 0 Å². The summed E-state index contributed by atoms with van der Waals surface area (Å²) in [5.41, 5.74) is 10.4. The molecule has 6 aromatic rings. The van der Waals surface area contributed by atoms with Crippen LogP contribution in [0, 0.1) is 24.9 Å². The molecular formula is C43H43FIrN2Si-2. The number of benzene rings is 4. The van der Waals surface area contributed by atoms with Gasteiger partial charge in [-0.15, -0.1) is 59.7 Å². The molecule has 2 aromatic heterocycles. The molecule has 247 valence electrons. The standard InChI is InChI=1S/C23H26NSi.C20H17FN.Ir/c1-17(2)21-15-22(24-16-23(21)25(3,4)5)20-13-9-12-19(14-20)18-10-7-6-8-11-18;1-14-12-17(15(2)16-8-4-3-5-9-16)13-22-20(14)18-10-6-7-11-19(18)21;/h6-12,14-17H,1-5H3;3-9,11-13,15H,1-2H3;/q2*-1;. The van der Waals surface area contributed by atoms with Gasteiger partial charge in [-0.3, -0.25) is 4.39 Å². The molecule has 5 heteroatoms. The van der Waals surface area contributed by atoms with E-state index in [1.165, 1.54) is 33.5 Å². The van der Waals surface area contributed by atoms with Crippen molar-refractivity contribution in [3.63, 3.8) is 0 Å². The van der Waals surface area contributed by atoms with Gasteiger partial charge in [-0.2, -0.15) is 0 Å². The summed E-state index contributed by atoms with van der Waals surface area (Å²) in [6.07, 6.45) is 3.94. The third kappa shape index (κ3) is 8.90. The molecule has 1 radical (unpaired) electrons. The molecule has 0 saturated heterocycles. The van der Waals surface area contributed by atoms with Crippen LogP contribution in [-0.2, 0) is 20.1 Å². The van der Waals surface area contributed by atoms with Crippen LogP contribution >= 0.6 is 0 Å². The molecule has 0 amide bonds. The van der Waals surface area contributed by atoms with Crippen LogP contribution in [-0.4, -0.2) is 18.0 Å². The zero-order valence-corrected chi connectivity index (χ0v) is 32.2. The van der Waals surface area contributed by atoms with Gasteiger partial charge in [-0.1, -0.05) is 130 Å². The molecule has 2 heterocycles. The Labute approximate surface area is 300 Å². The van der Waals surface area contributed by atoms with E-state index in [1.807, 2.05) is 43.5 Å². The van der Waals surface area contributed by atoms with E-state index in [9.17, 15) is 4.39 Å². The first-order chi connectivity index (χ1) is 22.5. The first kappa shape index (κ1) is 36.8. The van der Waals surface area contributed by atoms with Crippen molar-refractivity contribution in [2.75, 3.05) is 0 Å². The second-order valence-electron chi connectivity index (χ2n) is 13.4. The minimum Gasteiger partial charge on any atom is -0.305 e. The summed E-state index contributed by atoms with van der Waals surface area (Å²) in [7, 11) is -1.40. The van der Waals surface area contributed by atoms with Crippen LogP contribution in [0.1, 0.15) is 54.9 Å². The van der Waals surface area contributed by atoms with E-state index in [4.69, 9.17) is 4.98 Å². The molecule has 48 heavy (non-hydrogen) atoms. The van der Waals surface area contributed by atoms with Crippen LogP contribution in [0.25, 0.3) is 33.6 Å². The van der Waals surface area contributed by atoms with Crippen LogP contribution in [0.5, 0.6) is 0 Å². The molecular weight excluding hydrogens is 784 g/mol. The fourth-order valence-electron chi connectivity index (χ4n) is 5.77. The summed E-state index contributed by atoms with van der Waals surface area (Å²) >= 11 is 0. The molecule has 0 aliphatic rings. The first-order valence-corrected chi connectivity index (χ1v) is 19.8. The summed E-state index contributed by atoms with van der Waals surface area (Å²) in [5, 5.41) is 1.46. The van der Waals surface area contributed by atoms with Gasteiger partial charge in [0.1, 0.15) is 0 Å². The predicted octanol–water partition coefficient (Wildman–Crippen LogP) is 11.0. The van der Waals surface area contributed by atoms with E-state index in [0.717, 1.165) is 22.4 Å². The normalized spacial score (nSPS) is 11.7. The van der Waals surface area contributed by atoms with E-state index in [0.29, 0.717) is 17.2 Å². The Balaban J connectivity index is 0.000000214. The van der Waals surface area contributed by atoms with Gasteiger partial charge in [-0.25, -0.2) is 0 Å². The van der Waals surface area contributed by atoms with E-state index in [2.05, 4.69) is 124 Å². The Morgan fingerprint density at radius 3 is 2.00 bits per heavy atom. The second-order valence-corrected chi connectivity index (χ2v) is 18.4. The molecule has 4 aromatic carbocycles. The minimum absolute atomic E-state index is 0. The number of nitrogens with zero attached hydrogens (tertiary/aromatic N) is 2. The minimum atomic E-state index is -1.40. The largest absolute Gasteiger partial charge is 0.305 e. The van der Waals surface area contributed by atoms with E-state index < -0.39 is 8.07 Å². The Bertz CT molecular complexity index is 1940. The Hall–Kier alpha value is -4.02. The third-order valence-electron chi connectivity index (χ3n) is 8.49. The average Bonchev–Trinajstić information content (AvgIpc) is 3.09. The quantitative estimate of drug-likeness (QED) is 0.118. The number of rotatable bonds is 7. The number of hydrogen-bond acceptors (Lipinski definition) is 2. The summed E-state index contributed by atoms with van der Waals surface area (Å²) in [6, 6.07) is 42.5. The zero-order chi connectivity index (χ0) is 33.6. The van der Waals surface area contributed by atoms with Gasteiger partial charge in [0.15, 0.2) is 0 Å². The molecule has 0 bridgehead atoms.